The summed E-state index contributed by atoms with van der Waals surface area (Å²) in [6.07, 6.45) is 1.88. The third-order valence-electron chi connectivity index (χ3n) is 4.51. The van der Waals surface area contributed by atoms with Crippen LogP contribution in [0.25, 0.3) is 0 Å². The largest absolute Gasteiger partial charge is 0.442 e. The Hall–Kier alpha value is -1.55. The van der Waals surface area contributed by atoms with Crippen molar-refractivity contribution in [3.63, 3.8) is 0 Å². The van der Waals surface area contributed by atoms with Crippen molar-refractivity contribution < 1.29 is 9.53 Å². The van der Waals surface area contributed by atoms with E-state index < -0.39 is 0 Å². The summed E-state index contributed by atoms with van der Waals surface area (Å²) >= 11 is 0. The molecule has 1 unspecified atom stereocenters. The number of hydrogen-bond acceptors (Lipinski definition) is 3. The number of carbonyl (C=O) groups excluding carboxylic acids is 1. The maximum absolute atomic E-state index is 12.0. The molecule has 108 valence electrons. The molecule has 3 fully saturated rings. The molecule has 0 aromatic heterocycles. The van der Waals surface area contributed by atoms with Gasteiger partial charge in [-0.3, -0.25) is 0 Å². The molecule has 0 saturated carbocycles. The van der Waals surface area contributed by atoms with Crippen molar-refractivity contribution in [2.45, 2.75) is 31.9 Å². The van der Waals surface area contributed by atoms with Crippen LogP contribution >= 0.6 is 0 Å². The van der Waals surface area contributed by atoms with Gasteiger partial charge >= 0.3 is 6.09 Å². The van der Waals surface area contributed by atoms with Crippen LogP contribution in [0, 0.1) is 5.92 Å². The zero-order valence-electron chi connectivity index (χ0n) is 11.9. The number of rotatable bonds is 3. The molecule has 1 N–H and O–H groups in total. The van der Waals surface area contributed by atoms with Crippen LogP contribution in [-0.4, -0.2) is 36.7 Å². The zero-order chi connectivity index (χ0) is 13.9. The summed E-state index contributed by atoms with van der Waals surface area (Å²) in [6.45, 7) is 5.24. The molecule has 3 aliphatic rings. The lowest BCUT2D eigenvalue weighted by Gasteiger charge is -2.44. The summed E-state index contributed by atoms with van der Waals surface area (Å²) in [4.78, 5) is 14.4. The van der Waals surface area contributed by atoms with Crippen LogP contribution in [0.4, 0.5) is 4.79 Å². The van der Waals surface area contributed by atoms with Gasteiger partial charge in [0, 0.05) is 12.6 Å². The van der Waals surface area contributed by atoms with Crippen LogP contribution in [0.2, 0.25) is 0 Å². The first kappa shape index (κ1) is 13.4. The van der Waals surface area contributed by atoms with Crippen LogP contribution in [0.1, 0.15) is 31.4 Å². The Bertz CT molecular complexity index is 455. The van der Waals surface area contributed by atoms with E-state index in [1.54, 1.807) is 0 Å². The van der Waals surface area contributed by atoms with Crippen molar-refractivity contribution >= 4 is 6.09 Å². The summed E-state index contributed by atoms with van der Waals surface area (Å²) in [6, 6.07) is 10.1. The number of nitrogens with one attached hydrogen (secondary N) is 1. The summed E-state index contributed by atoms with van der Waals surface area (Å²) in [7, 11) is 0. The fraction of sp³-hybridized carbons (Fsp3) is 0.562. The standard InChI is InChI=1S/C16H22N2O2/c1-12(13-5-3-2-4-6-13)20-16(19)17-15-11-18-9-7-14(15)8-10-18/h2-6,12,14-15H,7-11H2,1H3,(H,17,19)/t12-,15?/m0/s1. The maximum Gasteiger partial charge on any atom is 0.408 e. The fourth-order valence-corrected chi connectivity index (χ4v) is 3.27. The van der Waals surface area contributed by atoms with E-state index in [0.717, 1.165) is 12.1 Å². The van der Waals surface area contributed by atoms with Gasteiger partial charge in [0.15, 0.2) is 0 Å². The predicted octanol–water partition coefficient (Wildman–Crippen LogP) is 2.57. The van der Waals surface area contributed by atoms with Gasteiger partial charge in [-0.05, 0) is 44.3 Å². The first-order valence-electron chi connectivity index (χ1n) is 7.47. The van der Waals surface area contributed by atoms with Crippen LogP contribution in [0.3, 0.4) is 0 Å². The normalized spacial score (nSPS) is 29.8. The van der Waals surface area contributed by atoms with Crippen LogP contribution in [-0.2, 0) is 4.74 Å². The Morgan fingerprint density at radius 3 is 2.60 bits per heavy atom. The molecule has 2 atom stereocenters. The quantitative estimate of drug-likeness (QED) is 0.921. The molecular weight excluding hydrogens is 252 g/mol. The maximum atomic E-state index is 12.0. The number of carbonyl (C=O) groups is 1. The van der Waals surface area contributed by atoms with Gasteiger partial charge in [-0.1, -0.05) is 30.3 Å². The van der Waals surface area contributed by atoms with Gasteiger partial charge in [0.05, 0.1) is 0 Å². The lowest BCUT2D eigenvalue weighted by molar-refractivity contribution is 0.0568. The molecule has 2 bridgehead atoms. The monoisotopic (exact) mass is 274 g/mol. The molecule has 4 rings (SSSR count). The Morgan fingerprint density at radius 2 is 2.00 bits per heavy atom. The number of amides is 1. The molecule has 0 aliphatic carbocycles. The number of fused-ring (bicyclic) bond motifs is 3. The van der Waals surface area contributed by atoms with Crippen LogP contribution in [0.5, 0.6) is 0 Å². The van der Waals surface area contributed by atoms with Gasteiger partial charge < -0.3 is 15.0 Å². The molecule has 1 aromatic rings. The second kappa shape index (κ2) is 5.83. The van der Waals surface area contributed by atoms with E-state index in [-0.39, 0.29) is 18.2 Å². The summed E-state index contributed by atoms with van der Waals surface area (Å²) in [5, 5.41) is 3.05. The first-order valence-corrected chi connectivity index (χ1v) is 7.47. The zero-order valence-corrected chi connectivity index (χ0v) is 11.9. The van der Waals surface area contributed by atoms with Gasteiger partial charge in [0.25, 0.3) is 0 Å². The molecule has 4 nitrogen and oxygen atoms in total. The molecule has 1 amide bonds. The van der Waals surface area contributed by atoms with Crippen molar-refractivity contribution in [2.75, 3.05) is 19.6 Å². The molecule has 4 heteroatoms. The number of nitrogens with zero attached hydrogens (tertiary/aromatic N) is 1. The van der Waals surface area contributed by atoms with Gasteiger partial charge in [-0.15, -0.1) is 0 Å². The molecule has 3 heterocycles. The number of benzene rings is 1. The average molecular weight is 274 g/mol. The van der Waals surface area contributed by atoms with Gasteiger partial charge in [0.1, 0.15) is 6.10 Å². The van der Waals surface area contributed by atoms with E-state index >= 15 is 0 Å². The molecule has 0 spiro atoms. The third-order valence-corrected chi connectivity index (χ3v) is 4.51. The van der Waals surface area contributed by atoms with E-state index in [9.17, 15) is 4.79 Å². The van der Waals surface area contributed by atoms with E-state index in [1.807, 2.05) is 37.3 Å². The highest BCUT2D eigenvalue weighted by atomic mass is 16.6. The number of piperidine rings is 3. The van der Waals surface area contributed by atoms with E-state index in [0.29, 0.717) is 5.92 Å². The number of ether oxygens (including phenoxy) is 1. The van der Waals surface area contributed by atoms with Crippen LogP contribution < -0.4 is 5.32 Å². The summed E-state index contributed by atoms with van der Waals surface area (Å²) < 4.78 is 5.48. The van der Waals surface area contributed by atoms with Crippen molar-refractivity contribution in [1.29, 1.82) is 0 Å². The molecule has 20 heavy (non-hydrogen) atoms. The Morgan fingerprint density at radius 1 is 1.30 bits per heavy atom. The third kappa shape index (κ3) is 2.96. The van der Waals surface area contributed by atoms with Crippen molar-refractivity contribution in [1.82, 2.24) is 10.2 Å². The Labute approximate surface area is 120 Å². The number of hydrogen-bond donors (Lipinski definition) is 1. The fourth-order valence-electron chi connectivity index (χ4n) is 3.27. The molecule has 3 aliphatic heterocycles. The predicted molar refractivity (Wildman–Crippen MR) is 77.4 cm³/mol. The lowest BCUT2D eigenvalue weighted by Crippen LogP contribution is -2.57. The average Bonchev–Trinajstić information content (AvgIpc) is 2.49. The van der Waals surface area contributed by atoms with Gasteiger partial charge in [-0.2, -0.15) is 0 Å². The van der Waals surface area contributed by atoms with Gasteiger partial charge in [-0.25, -0.2) is 4.79 Å². The minimum Gasteiger partial charge on any atom is -0.442 e. The highest BCUT2D eigenvalue weighted by molar-refractivity contribution is 5.68. The Kier molecular flexibility index (Phi) is 3.92. The highest BCUT2D eigenvalue weighted by Crippen LogP contribution is 2.27. The molecular formula is C16H22N2O2. The SMILES string of the molecule is C[C@H](OC(=O)NC1CN2CCC1CC2)c1ccccc1. The molecule has 1 aromatic carbocycles. The van der Waals surface area contributed by atoms with E-state index in [1.165, 1.54) is 25.9 Å². The van der Waals surface area contributed by atoms with Crippen molar-refractivity contribution in [3.8, 4) is 0 Å². The van der Waals surface area contributed by atoms with Crippen molar-refractivity contribution in [3.05, 3.63) is 35.9 Å². The minimum absolute atomic E-state index is 0.211. The second-order valence-electron chi connectivity index (χ2n) is 5.85. The topological polar surface area (TPSA) is 41.6 Å². The highest BCUT2D eigenvalue weighted by Gasteiger charge is 2.35. The van der Waals surface area contributed by atoms with Crippen molar-refractivity contribution in [2.24, 2.45) is 5.92 Å². The lowest BCUT2D eigenvalue weighted by atomic mass is 9.84. The van der Waals surface area contributed by atoms with Gasteiger partial charge in [0.2, 0.25) is 0 Å². The minimum atomic E-state index is -0.292. The molecule has 3 saturated heterocycles. The first-order chi connectivity index (χ1) is 9.72. The Balaban J connectivity index is 1.52. The summed E-state index contributed by atoms with van der Waals surface area (Å²) in [5.41, 5.74) is 1.02. The smallest absolute Gasteiger partial charge is 0.408 e. The summed E-state index contributed by atoms with van der Waals surface area (Å²) in [5.74, 6) is 0.625. The number of alkyl carbamates (subject to hydrolysis) is 1. The van der Waals surface area contributed by atoms with E-state index in [2.05, 4.69) is 10.2 Å². The van der Waals surface area contributed by atoms with E-state index in [4.69, 9.17) is 4.74 Å². The van der Waals surface area contributed by atoms with Crippen LogP contribution in [0.15, 0.2) is 30.3 Å². The second-order valence-corrected chi connectivity index (χ2v) is 5.85. The molecule has 0 radical (unpaired) electrons.